The summed E-state index contributed by atoms with van der Waals surface area (Å²) in [7, 11) is 0. The predicted molar refractivity (Wildman–Crippen MR) is 143 cm³/mol. The number of ether oxygens (including phenoxy) is 6. The molecule has 0 bridgehead atoms. The molecule has 0 radical (unpaired) electrons. The number of hydrogen-bond donors (Lipinski definition) is 1. The van der Waals surface area contributed by atoms with Crippen molar-refractivity contribution in [3.05, 3.63) is 58.1 Å². The summed E-state index contributed by atoms with van der Waals surface area (Å²) in [6.07, 6.45) is -6.86. The maximum Gasteiger partial charge on any atom is 0.303 e. The van der Waals surface area contributed by atoms with Crippen LogP contribution in [0.2, 0.25) is 0 Å². The molecule has 13 heteroatoms. The molecule has 0 spiro atoms. The van der Waals surface area contributed by atoms with Crippen LogP contribution < -0.4 is 4.74 Å². The number of hydrogen-bond acceptors (Lipinski definition) is 12. The Morgan fingerprint density at radius 2 is 1.39 bits per heavy atom. The highest BCUT2D eigenvalue weighted by molar-refractivity contribution is 9.10. The van der Waals surface area contributed by atoms with Gasteiger partial charge in [0.15, 0.2) is 18.0 Å². The quantitative estimate of drug-likeness (QED) is 0.231. The zero-order valence-electron chi connectivity index (χ0n) is 22.7. The van der Waals surface area contributed by atoms with Crippen molar-refractivity contribution in [1.29, 1.82) is 0 Å². The van der Waals surface area contributed by atoms with Crippen molar-refractivity contribution in [3.8, 4) is 11.5 Å². The van der Waals surface area contributed by atoms with Crippen LogP contribution in [-0.2, 0) is 49.3 Å². The van der Waals surface area contributed by atoms with Crippen LogP contribution >= 0.6 is 15.9 Å². The molecule has 0 saturated carbocycles. The molecule has 1 heterocycles. The van der Waals surface area contributed by atoms with Gasteiger partial charge < -0.3 is 33.5 Å². The number of benzene rings is 2. The molecule has 12 nitrogen and oxygen atoms in total. The molecule has 2 aromatic carbocycles. The maximum atomic E-state index is 12.8. The summed E-state index contributed by atoms with van der Waals surface area (Å²) < 4.78 is 33.7. The van der Waals surface area contributed by atoms with Crippen LogP contribution in [0.25, 0.3) is 0 Å². The van der Waals surface area contributed by atoms with Gasteiger partial charge >= 0.3 is 23.9 Å². The molecule has 1 N–H and O–H groups in total. The minimum absolute atomic E-state index is 0.00333. The predicted octanol–water partition coefficient (Wildman–Crippen LogP) is 3.04. The third kappa shape index (κ3) is 9.02. The molecule has 1 saturated heterocycles. The Labute approximate surface area is 243 Å². The van der Waals surface area contributed by atoms with E-state index in [0.29, 0.717) is 0 Å². The van der Waals surface area contributed by atoms with E-state index in [-0.39, 0.29) is 29.3 Å². The Morgan fingerprint density at radius 3 is 1.95 bits per heavy atom. The highest BCUT2D eigenvalue weighted by Crippen LogP contribution is 2.33. The summed E-state index contributed by atoms with van der Waals surface area (Å²) >= 11 is 3.34. The van der Waals surface area contributed by atoms with Crippen LogP contribution in [0, 0.1) is 0 Å². The molecule has 41 heavy (non-hydrogen) atoms. The summed E-state index contributed by atoms with van der Waals surface area (Å²) in [5.74, 6) is -3.73. The zero-order valence-corrected chi connectivity index (χ0v) is 24.2. The molecule has 0 amide bonds. The highest BCUT2D eigenvalue weighted by atomic mass is 79.9. The first-order chi connectivity index (χ1) is 19.3. The van der Waals surface area contributed by atoms with Gasteiger partial charge in [-0.15, -0.1) is 0 Å². The number of phenolic OH excluding ortho intramolecular Hbond substituents is 1. The monoisotopic (exact) mass is 636 g/mol. The lowest BCUT2D eigenvalue weighted by Gasteiger charge is -2.43. The SMILES string of the molecule is CC(=O)OCC1OC(Oc2ccc(C(=O)Cc3ccc(Br)cc3)c(O)c2)C(OC(C)=O)C(OC(C)=O)C1OC(C)=O. The number of aromatic hydroxyl groups is 1. The largest absolute Gasteiger partial charge is 0.507 e. The molecule has 1 aliphatic heterocycles. The number of halogens is 1. The van der Waals surface area contributed by atoms with E-state index in [9.17, 15) is 29.1 Å². The summed E-state index contributed by atoms with van der Waals surface area (Å²) in [6, 6.07) is 11.1. The van der Waals surface area contributed by atoms with Gasteiger partial charge in [0.2, 0.25) is 12.4 Å². The second-order valence-electron chi connectivity index (χ2n) is 9.09. The fourth-order valence-corrected chi connectivity index (χ4v) is 4.39. The van der Waals surface area contributed by atoms with E-state index in [1.807, 2.05) is 0 Å². The van der Waals surface area contributed by atoms with Crippen LogP contribution in [0.1, 0.15) is 43.6 Å². The number of ketones is 1. The molecule has 1 aliphatic rings. The van der Waals surface area contributed by atoms with Crippen LogP contribution in [0.15, 0.2) is 46.9 Å². The minimum atomic E-state index is -1.49. The van der Waals surface area contributed by atoms with Gasteiger partial charge in [0, 0.05) is 44.7 Å². The first-order valence-corrected chi connectivity index (χ1v) is 13.2. The zero-order chi connectivity index (χ0) is 30.3. The van der Waals surface area contributed by atoms with Crippen molar-refractivity contribution in [2.24, 2.45) is 0 Å². The summed E-state index contributed by atoms with van der Waals surface area (Å²) in [6.45, 7) is 4.05. The van der Waals surface area contributed by atoms with Crippen molar-refractivity contribution in [2.75, 3.05) is 6.61 Å². The number of phenols is 1. The van der Waals surface area contributed by atoms with E-state index >= 15 is 0 Å². The number of carbonyl (C=O) groups excluding carboxylic acids is 5. The fourth-order valence-electron chi connectivity index (χ4n) is 4.12. The van der Waals surface area contributed by atoms with E-state index < -0.39 is 61.2 Å². The Kier molecular flexibility index (Phi) is 10.8. The number of rotatable bonds is 10. The van der Waals surface area contributed by atoms with Crippen LogP contribution in [-0.4, -0.2) is 72.1 Å². The maximum absolute atomic E-state index is 12.8. The van der Waals surface area contributed by atoms with Gasteiger partial charge in [-0.3, -0.25) is 24.0 Å². The van der Waals surface area contributed by atoms with Crippen LogP contribution in [0.4, 0.5) is 0 Å². The summed E-state index contributed by atoms with van der Waals surface area (Å²) in [5, 5.41) is 10.6. The van der Waals surface area contributed by atoms with Gasteiger partial charge in [0.05, 0.1) is 5.56 Å². The number of carbonyl (C=O) groups is 5. The normalized spacial score (nSPS) is 21.7. The molecule has 0 aromatic heterocycles. The lowest BCUT2D eigenvalue weighted by atomic mass is 9.98. The van der Waals surface area contributed by atoms with E-state index in [2.05, 4.69) is 15.9 Å². The van der Waals surface area contributed by atoms with Crippen molar-refractivity contribution < 1.29 is 57.5 Å². The van der Waals surface area contributed by atoms with E-state index in [4.69, 9.17) is 28.4 Å². The topological polar surface area (TPSA) is 161 Å². The van der Waals surface area contributed by atoms with Gasteiger partial charge in [0.25, 0.3) is 0 Å². The van der Waals surface area contributed by atoms with Gasteiger partial charge in [-0.25, -0.2) is 0 Å². The van der Waals surface area contributed by atoms with Gasteiger partial charge in [0.1, 0.15) is 24.2 Å². The van der Waals surface area contributed by atoms with Crippen molar-refractivity contribution in [3.63, 3.8) is 0 Å². The third-order valence-electron chi connectivity index (χ3n) is 5.75. The minimum Gasteiger partial charge on any atom is -0.507 e. The molecule has 1 fully saturated rings. The lowest BCUT2D eigenvalue weighted by molar-refractivity contribution is -0.288. The van der Waals surface area contributed by atoms with Gasteiger partial charge in [-0.1, -0.05) is 28.1 Å². The standard InChI is InChI=1S/C28H29BrO12/c1-14(30)36-13-24-25(37-15(2)31)26(38-16(3)32)27(39-17(4)33)28(41-24)40-20-9-10-21(23(35)12-20)22(34)11-18-5-7-19(29)8-6-18/h5-10,12,24-28,35H,11,13H2,1-4H3. The lowest BCUT2D eigenvalue weighted by Crippen LogP contribution is -2.63. The average molecular weight is 637 g/mol. The van der Waals surface area contributed by atoms with Crippen molar-refractivity contribution in [2.45, 2.75) is 64.8 Å². The fraction of sp³-hybridized carbons (Fsp3) is 0.393. The van der Waals surface area contributed by atoms with Gasteiger partial charge in [-0.2, -0.15) is 0 Å². The first kappa shape index (κ1) is 31.6. The van der Waals surface area contributed by atoms with E-state index in [1.54, 1.807) is 24.3 Å². The van der Waals surface area contributed by atoms with E-state index in [1.165, 1.54) is 18.2 Å². The Hall–Kier alpha value is -3.97. The van der Waals surface area contributed by atoms with Crippen LogP contribution in [0.3, 0.4) is 0 Å². The van der Waals surface area contributed by atoms with Crippen molar-refractivity contribution >= 4 is 45.6 Å². The Balaban J connectivity index is 1.90. The molecule has 220 valence electrons. The molecule has 5 atom stereocenters. The highest BCUT2D eigenvalue weighted by Gasteiger charge is 2.53. The molecular weight excluding hydrogens is 608 g/mol. The van der Waals surface area contributed by atoms with Crippen molar-refractivity contribution in [1.82, 2.24) is 0 Å². The summed E-state index contributed by atoms with van der Waals surface area (Å²) in [4.78, 5) is 60.1. The third-order valence-corrected chi connectivity index (χ3v) is 6.28. The first-order valence-electron chi connectivity index (χ1n) is 12.4. The number of Topliss-reactive ketones (excluding diaryl/α,β-unsaturated/α-hetero) is 1. The number of esters is 4. The molecular formula is C28H29BrO12. The molecule has 3 rings (SSSR count). The molecule has 5 unspecified atom stereocenters. The molecule has 2 aromatic rings. The van der Waals surface area contributed by atoms with Crippen LogP contribution in [0.5, 0.6) is 11.5 Å². The second kappa shape index (κ2) is 14.1. The summed E-state index contributed by atoms with van der Waals surface area (Å²) in [5.41, 5.74) is 0.789. The molecule has 0 aliphatic carbocycles. The smallest absolute Gasteiger partial charge is 0.303 e. The second-order valence-corrected chi connectivity index (χ2v) is 10.0. The average Bonchev–Trinajstić information content (AvgIpc) is 2.87. The Morgan fingerprint density at radius 1 is 0.805 bits per heavy atom. The Bertz CT molecular complexity index is 1290. The van der Waals surface area contributed by atoms with Gasteiger partial charge in [-0.05, 0) is 29.8 Å². The van der Waals surface area contributed by atoms with E-state index in [0.717, 1.165) is 37.7 Å².